The topological polar surface area (TPSA) is 59.3 Å². The summed E-state index contributed by atoms with van der Waals surface area (Å²) in [5.74, 6) is 0.990. The molecule has 1 atom stereocenters. The Morgan fingerprint density at radius 2 is 2.05 bits per heavy atom. The van der Waals surface area contributed by atoms with E-state index >= 15 is 0 Å². The van der Waals surface area contributed by atoms with E-state index in [2.05, 4.69) is 57.8 Å². The van der Waals surface area contributed by atoms with Gasteiger partial charge in [0.1, 0.15) is 6.33 Å². The van der Waals surface area contributed by atoms with Gasteiger partial charge in [-0.2, -0.15) is 0 Å². The second kappa shape index (κ2) is 6.89. The minimum absolute atomic E-state index is 0.530. The second-order valence-corrected chi connectivity index (χ2v) is 20.8. The third-order valence-electron chi connectivity index (χ3n) is 2.71. The summed E-state index contributed by atoms with van der Waals surface area (Å²) in [4.78, 5) is 0.868. The van der Waals surface area contributed by atoms with E-state index in [1.54, 1.807) is 17.7 Å². The van der Waals surface area contributed by atoms with E-state index in [1.807, 2.05) is 34.0 Å². The van der Waals surface area contributed by atoms with Crippen LogP contribution < -0.4 is 18.3 Å². The second-order valence-electron chi connectivity index (χ2n) is 3.72. The van der Waals surface area contributed by atoms with E-state index in [4.69, 9.17) is 0 Å². The number of nitrogens with one attached hydrogen (secondary N) is 1. The van der Waals surface area contributed by atoms with Gasteiger partial charge in [0, 0.05) is 11.3 Å². The molecule has 3 heterocycles. The van der Waals surface area contributed by atoms with Gasteiger partial charge >= 0.3 is 50.5 Å². The molecule has 0 fully saturated rings. The largest absolute Gasteiger partial charge is 0.257 e. The first-order valence-corrected chi connectivity index (χ1v) is 18.8. The molecule has 104 valence electrons. The van der Waals surface area contributed by atoms with Gasteiger partial charge in [0.2, 0.25) is 4.96 Å². The van der Waals surface area contributed by atoms with Crippen molar-refractivity contribution in [3.63, 3.8) is 0 Å². The summed E-state index contributed by atoms with van der Waals surface area (Å²) in [5.41, 5.74) is 1.97. The zero-order valence-corrected chi connectivity index (χ0v) is 17.0. The molecule has 10 heteroatoms. The third-order valence-corrected chi connectivity index (χ3v) is 3.54. The van der Waals surface area contributed by atoms with Crippen LogP contribution in [0, 0.1) is 0 Å². The van der Waals surface area contributed by atoms with Crippen LogP contribution in [-0.2, 0) is 0 Å². The van der Waals surface area contributed by atoms with Crippen molar-refractivity contribution >= 4 is 70.7 Å². The number of nitrogens with zero attached hydrogens (tertiary/aromatic N) is 5. The van der Waals surface area contributed by atoms with Gasteiger partial charge in [0.15, 0.2) is 11.4 Å². The molecule has 0 aliphatic carbocycles. The molecule has 0 bridgehead atoms. The van der Waals surface area contributed by atoms with Gasteiger partial charge in [-0.3, -0.25) is 0 Å². The Morgan fingerprint density at radius 3 is 2.90 bits per heavy atom. The SMILES string of the molecule is I[I-]I.c1ccc2c(c1)N=N[NH+]2c1csc2nncn12. The molecule has 20 heavy (non-hydrogen) atoms. The summed E-state index contributed by atoms with van der Waals surface area (Å²) in [5, 5.41) is 19.2. The van der Waals surface area contributed by atoms with Crippen molar-refractivity contribution in [3.8, 4) is 0 Å². The molecule has 0 saturated heterocycles. The summed E-state index contributed by atoms with van der Waals surface area (Å²) < 4.78 is 1.93. The number of rotatable bonds is 1. The van der Waals surface area contributed by atoms with Gasteiger partial charge in [-0.05, 0) is 6.07 Å². The van der Waals surface area contributed by atoms with Crippen LogP contribution in [0.15, 0.2) is 46.3 Å². The molecule has 3 aromatic rings. The molecule has 0 spiro atoms. The van der Waals surface area contributed by atoms with E-state index in [0.29, 0.717) is 13.3 Å². The fraction of sp³-hybridized carbons (Fsp3) is 0. The zero-order chi connectivity index (χ0) is 13.9. The van der Waals surface area contributed by atoms with Crippen LogP contribution >= 0.6 is 48.6 Å². The third kappa shape index (κ3) is 2.84. The van der Waals surface area contributed by atoms with Crippen molar-refractivity contribution in [2.45, 2.75) is 0 Å². The summed E-state index contributed by atoms with van der Waals surface area (Å²) in [6.45, 7) is 0. The Balaban J connectivity index is 0.000000373. The maximum atomic E-state index is 4.25. The molecule has 2 aromatic heterocycles. The smallest absolute Gasteiger partial charge is 0.224 e. The molecule has 1 N–H and O–H groups in total. The van der Waals surface area contributed by atoms with Crippen molar-refractivity contribution < 1.29 is 18.3 Å². The van der Waals surface area contributed by atoms with Crippen LogP contribution in [0.1, 0.15) is 0 Å². The van der Waals surface area contributed by atoms with E-state index in [-0.39, 0.29) is 0 Å². The van der Waals surface area contributed by atoms with Crippen LogP contribution in [0.25, 0.3) is 4.96 Å². The Kier molecular flexibility index (Phi) is 5.16. The first-order valence-electron chi connectivity index (χ1n) is 5.38. The summed E-state index contributed by atoms with van der Waals surface area (Å²) in [6, 6.07) is 7.94. The first-order chi connectivity index (χ1) is 9.85. The summed E-state index contributed by atoms with van der Waals surface area (Å²) in [6.07, 6.45) is 1.70. The molecular formula is C10H7I3N6S. The van der Waals surface area contributed by atoms with Crippen molar-refractivity contribution in [1.82, 2.24) is 14.6 Å². The Hall–Kier alpha value is 0.0700. The monoisotopic (exact) mass is 624 g/mol. The van der Waals surface area contributed by atoms with Crippen molar-refractivity contribution in [1.29, 1.82) is 0 Å². The molecule has 0 amide bonds. The molecule has 6 nitrogen and oxygen atoms in total. The fourth-order valence-electron chi connectivity index (χ4n) is 1.91. The van der Waals surface area contributed by atoms with E-state index in [1.165, 1.54) is 0 Å². The molecule has 1 aliphatic heterocycles. The Morgan fingerprint density at radius 1 is 1.25 bits per heavy atom. The standard InChI is InChI=1S/C10H6N6S.I3/c1-2-4-8-7(3-1)12-14-16(8)9-5-17-10-13-11-6-15(9)10;1-3-2/h1-6H;/q;-1/p+1. The van der Waals surface area contributed by atoms with E-state index in [0.717, 1.165) is 27.2 Å². The number of halogens is 3. The maximum Gasteiger partial charge on any atom is 0.257 e. The molecule has 4 rings (SSSR count). The maximum absolute atomic E-state index is 4.25. The van der Waals surface area contributed by atoms with Gasteiger partial charge in [-0.15, -0.1) is 15.2 Å². The number of thiazole rings is 1. The molecule has 1 aliphatic rings. The number of para-hydroxylation sites is 1. The summed E-state index contributed by atoms with van der Waals surface area (Å²) in [7, 11) is 0. The van der Waals surface area contributed by atoms with Crippen LogP contribution in [-0.4, -0.2) is 14.6 Å². The van der Waals surface area contributed by atoms with E-state index < -0.39 is 0 Å². The first kappa shape index (κ1) is 15.0. The number of hydrogen-bond acceptors (Lipinski definition) is 5. The minimum atomic E-state index is 0.530. The fourth-order valence-corrected chi connectivity index (χ4v) is 2.71. The van der Waals surface area contributed by atoms with Gasteiger partial charge in [-0.1, -0.05) is 28.6 Å². The quantitative estimate of drug-likeness (QED) is 0.400. The number of fused-ring (bicyclic) bond motifs is 2. The van der Waals surface area contributed by atoms with Gasteiger partial charge in [-0.25, -0.2) is 4.40 Å². The van der Waals surface area contributed by atoms with Crippen LogP contribution in [0.2, 0.25) is 0 Å². The number of hydrogen-bond donors (Lipinski definition) is 1. The molecule has 0 saturated carbocycles. The van der Waals surface area contributed by atoms with Crippen LogP contribution in [0.5, 0.6) is 0 Å². The van der Waals surface area contributed by atoms with Crippen LogP contribution in [0.3, 0.4) is 0 Å². The Labute approximate surface area is 148 Å². The van der Waals surface area contributed by atoms with Crippen LogP contribution in [0.4, 0.5) is 17.2 Å². The number of quaternary nitrogens is 1. The predicted molar refractivity (Wildman–Crippen MR) is 90.1 cm³/mol. The normalized spacial score (nSPS) is 16.2. The number of benzene rings is 1. The minimum Gasteiger partial charge on any atom is -0.224 e. The molecule has 1 unspecified atom stereocenters. The Bertz CT molecular complexity index is 754. The number of aromatic nitrogens is 3. The average Bonchev–Trinajstić information content (AvgIpc) is 3.13. The predicted octanol–water partition coefficient (Wildman–Crippen LogP) is 0.427. The van der Waals surface area contributed by atoms with Crippen molar-refractivity contribution in [2.75, 3.05) is 0 Å². The van der Waals surface area contributed by atoms with Gasteiger partial charge < -0.3 is 0 Å². The average molecular weight is 624 g/mol. The van der Waals surface area contributed by atoms with E-state index in [9.17, 15) is 0 Å². The molecular weight excluding hydrogens is 617 g/mol. The van der Waals surface area contributed by atoms with Crippen molar-refractivity contribution in [2.24, 2.45) is 10.3 Å². The van der Waals surface area contributed by atoms with Gasteiger partial charge in [0.25, 0.3) is 5.82 Å². The van der Waals surface area contributed by atoms with Gasteiger partial charge in [0.05, 0.1) is 5.38 Å². The molecule has 0 radical (unpaired) electrons. The van der Waals surface area contributed by atoms with Crippen molar-refractivity contribution in [3.05, 3.63) is 36.0 Å². The summed E-state index contributed by atoms with van der Waals surface area (Å²) >= 11 is 6.85. The zero-order valence-electron chi connectivity index (χ0n) is 9.74. The molecule has 1 aromatic carbocycles.